The van der Waals surface area contributed by atoms with E-state index in [-0.39, 0.29) is 6.10 Å². The molecule has 1 aromatic rings. The monoisotopic (exact) mass is 290 g/mol. The second kappa shape index (κ2) is 5.19. The fourth-order valence-electron chi connectivity index (χ4n) is 1.51. The Hall–Kier alpha value is -0.250. The molecule has 1 fully saturated rings. The number of benzene rings is 1. The first-order valence-corrected chi connectivity index (χ1v) is 6.21. The maximum absolute atomic E-state index is 5.79. The summed E-state index contributed by atoms with van der Waals surface area (Å²) in [6, 6.07) is 5.90. The number of ether oxygens (including phenoxy) is 2. The molecule has 0 aromatic heterocycles. The molecule has 0 amide bonds. The second-order valence-corrected chi connectivity index (χ2v) is 4.62. The van der Waals surface area contributed by atoms with E-state index < -0.39 is 0 Å². The van der Waals surface area contributed by atoms with Crippen molar-refractivity contribution in [3.8, 4) is 5.75 Å². The summed E-state index contributed by atoms with van der Waals surface area (Å²) in [6.45, 7) is 1.48. The van der Waals surface area contributed by atoms with Crippen LogP contribution < -0.4 is 4.74 Å². The Kier molecular flexibility index (Phi) is 3.89. The molecule has 0 bridgehead atoms. The van der Waals surface area contributed by atoms with Gasteiger partial charge in [0, 0.05) is 12.3 Å². The van der Waals surface area contributed by atoms with Crippen LogP contribution in [0.2, 0.25) is 0 Å². The molecule has 2 nitrogen and oxygen atoms in total. The number of halogens is 2. The summed E-state index contributed by atoms with van der Waals surface area (Å²) < 4.78 is 12.0. The normalized spacial score (nSPS) is 20.5. The van der Waals surface area contributed by atoms with Gasteiger partial charge in [0.2, 0.25) is 0 Å². The van der Waals surface area contributed by atoms with Crippen LogP contribution in [0.4, 0.5) is 0 Å². The molecule has 1 atom stereocenters. The van der Waals surface area contributed by atoms with E-state index in [4.69, 9.17) is 21.1 Å². The number of alkyl halides is 1. The Morgan fingerprint density at radius 2 is 2.40 bits per heavy atom. The first-order chi connectivity index (χ1) is 7.29. The molecule has 1 aliphatic heterocycles. The Labute approximate surface area is 103 Å². The van der Waals surface area contributed by atoms with Gasteiger partial charge in [-0.15, -0.1) is 11.6 Å². The van der Waals surface area contributed by atoms with Crippen molar-refractivity contribution in [1.29, 1.82) is 0 Å². The lowest BCUT2D eigenvalue weighted by Crippen LogP contribution is -2.15. The van der Waals surface area contributed by atoms with E-state index in [1.165, 1.54) is 0 Å². The third-order valence-electron chi connectivity index (χ3n) is 2.33. The minimum atomic E-state index is 0.183. The molecular formula is C11H12BrClO2. The summed E-state index contributed by atoms with van der Waals surface area (Å²) in [6.07, 6.45) is 1.15. The van der Waals surface area contributed by atoms with Gasteiger partial charge in [-0.05, 0) is 33.6 Å². The van der Waals surface area contributed by atoms with Gasteiger partial charge in [0.15, 0.2) is 0 Å². The molecular weight excluding hydrogens is 279 g/mol. The molecule has 1 saturated heterocycles. The minimum Gasteiger partial charge on any atom is -0.487 e. The number of hydrogen-bond acceptors (Lipinski definition) is 2. The van der Waals surface area contributed by atoms with Crippen LogP contribution in [-0.2, 0) is 10.6 Å². The highest BCUT2D eigenvalue weighted by atomic mass is 79.9. The Morgan fingerprint density at radius 1 is 1.53 bits per heavy atom. The molecule has 82 valence electrons. The topological polar surface area (TPSA) is 18.5 Å². The van der Waals surface area contributed by atoms with E-state index in [1.54, 1.807) is 0 Å². The molecule has 15 heavy (non-hydrogen) atoms. The molecule has 1 heterocycles. The number of hydrogen-bond donors (Lipinski definition) is 0. The first kappa shape index (κ1) is 11.2. The summed E-state index contributed by atoms with van der Waals surface area (Å²) >= 11 is 9.21. The van der Waals surface area contributed by atoms with Gasteiger partial charge in [0.1, 0.15) is 11.9 Å². The molecule has 1 unspecified atom stereocenters. The molecule has 0 saturated carbocycles. The van der Waals surface area contributed by atoms with Crippen molar-refractivity contribution in [3.63, 3.8) is 0 Å². The molecule has 0 N–H and O–H groups in total. The molecule has 1 aromatic carbocycles. The van der Waals surface area contributed by atoms with Crippen molar-refractivity contribution in [2.24, 2.45) is 0 Å². The SMILES string of the molecule is ClCc1ccc(OC2CCOC2)c(Br)c1. The zero-order chi connectivity index (χ0) is 10.7. The standard InChI is InChI=1S/C11H12BrClO2/c12-10-5-8(6-13)1-2-11(10)15-9-3-4-14-7-9/h1-2,5,9H,3-4,6-7H2. The molecule has 4 heteroatoms. The van der Waals surface area contributed by atoms with Gasteiger partial charge in [0.05, 0.1) is 17.7 Å². The van der Waals surface area contributed by atoms with Crippen LogP contribution in [0, 0.1) is 0 Å². The van der Waals surface area contributed by atoms with Crippen LogP contribution in [0.5, 0.6) is 5.75 Å². The third-order valence-corrected chi connectivity index (χ3v) is 3.26. The van der Waals surface area contributed by atoms with Gasteiger partial charge in [-0.25, -0.2) is 0 Å². The summed E-state index contributed by atoms with van der Waals surface area (Å²) in [4.78, 5) is 0. The molecule has 0 aliphatic carbocycles. The number of rotatable bonds is 3. The fourth-order valence-corrected chi connectivity index (χ4v) is 2.19. The van der Waals surface area contributed by atoms with Gasteiger partial charge in [-0.1, -0.05) is 6.07 Å². The largest absolute Gasteiger partial charge is 0.487 e. The van der Waals surface area contributed by atoms with E-state index in [0.717, 1.165) is 28.8 Å². The Morgan fingerprint density at radius 3 is 3.00 bits per heavy atom. The van der Waals surface area contributed by atoms with Crippen LogP contribution in [0.25, 0.3) is 0 Å². The average molecular weight is 292 g/mol. The van der Waals surface area contributed by atoms with Crippen molar-refractivity contribution < 1.29 is 9.47 Å². The van der Waals surface area contributed by atoms with Gasteiger partial charge in [-0.2, -0.15) is 0 Å². The van der Waals surface area contributed by atoms with Crippen molar-refractivity contribution >= 4 is 27.5 Å². The van der Waals surface area contributed by atoms with Crippen LogP contribution in [0.3, 0.4) is 0 Å². The Balaban J connectivity index is 2.07. The van der Waals surface area contributed by atoms with Crippen molar-refractivity contribution in [2.45, 2.75) is 18.4 Å². The smallest absolute Gasteiger partial charge is 0.134 e. The van der Waals surface area contributed by atoms with Crippen molar-refractivity contribution in [2.75, 3.05) is 13.2 Å². The zero-order valence-electron chi connectivity index (χ0n) is 8.21. The van der Waals surface area contributed by atoms with Gasteiger partial charge >= 0.3 is 0 Å². The molecule has 2 rings (SSSR count). The van der Waals surface area contributed by atoms with E-state index in [2.05, 4.69) is 15.9 Å². The predicted molar refractivity (Wildman–Crippen MR) is 63.6 cm³/mol. The second-order valence-electron chi connectivity index (χ2n) is 3.50. The van der Waals surface area contributed by atoms with E-state index in [0.29, 0.717) is 12.5 Å². The lowest BCUT2D eigenvalue weighted by Gasteiger charge is -2.13. The summed E-state index contributed by atoms with van der Waals surface area (Å²) in [5, 5.41) is 0. The lowest BCUT2D eigenvalue weighted by molar-refractivity contribution is 0.141. The molecule has 0 radical (unpaired) electrons. The van der Waals surface area contributed by atoms with E-state index >= 15 is 0 Å². The van der Waals surface area contributed by atoms with Gasteiger partial charge in [-0.3, -0.25) is 0 Å². The van der Waals surface area contributed by atoms with Crippen LogP contribution in [0.15, 0.2) is 22.7 Å². The fraction of sp³-hybridized carbons (Fsp3) is 0.455. The maximum Gasteiger partial charge on any atom is 0.134 e. The molecule has 0 spiro atoms. The quantitative estimate of drug-likeness (QED) is 0.795. The zero-order valence-corrected chi connectivity index (χ0v) is 10.6. The van der Waals surface area contributed by atoms with Crippen LogP contribution in [0.1, 0.15) is 12.0 Å². The predicted octanol–water partition coefficient (Wildman–Crippen LogP) is 3.36. The van der Waals surface area contributed by atoms with E-state index in [9.17, 15) is 0 Å². The Bertz CT molecular complexity index is 337. The van der Waals surface area contributed by atoms with Gasteiger partial charge < -0.3 is 9.47 Å². The van der Waals surface area contributed by atoms with Crippen LogP contribution in [-0.4, -0.2) is 19.3 Å². The average Bonchev–Trinajstić information content (AvgIpc) is 2.74. The highest BCUT2D eigenvalue weighted by Gasteiger charge is 2.18. The minimum absolute atomic E-state index is 0.183. The maximum atomic E-state index is 5.79. The van der Waals surface area contributed by atoms with Crippen LogP contribution >= 0.6 is 27.5 Å². The molecule has 1 aliphatic rings. The highest BCUT2D eigenvalue weighted by molar-refractivity contribution is 9.10. The van der Waals surface area contributed by atoms with E-state index in [1.807, 2.05) is 18.2 Å². The highest BCUT2D eigenvalue weighted by Crippen LogP contribution is 2.28. The van der Waals surface area contributed by atoms with Crippen molar-refractivity contribution in [1.82, 2.24) is 0 Å². The van der Waals surface area contributed by atoms with Crippen molar-refractivity contribution in [3.05, 3.63) is 28.2 Å². The first-order valence-electron chi connectivity index (χ1n) is 4.88. The summed E-state index contributed by atoms with van der Waals surface area (Å²) in [7, 11) is 0. The summed E-state index contributed by atoms with van der Waals surface area (Å²) in [5.41, 5.74) is 1.08. The summed E-state index contributed by atoms with van der Waals surface area (Å²) in [5.74, 6) is 1.38. The third kappa shape index (κ3) is 2.86. The lowest BCUT2D eigenvalue weighted by atomic mass is 10.2. The van der Waals surface area contributed by atoms with Gasteiger partial charge in [0.25, 0.3) is 0 Å².